The predicted octanol–water partition coefficient (Wildman–Crippen LogP) is 1.57. The van der Waals surface area contributed by atoms with Crippen LogP contribution in [-0.4, -0.2) is 10.9 Å². The van der Waals surface area contributed by atoms with E-state index < -0.39 is 4.92 Å². The molecule has 0 fully saturated rings. The molecule has 6 nitrogen and oxygen atoms in total. The third-order valence-electron chi connectivity index (χ3n) is 2.00. The van der Waals surface area contributed by atoms with Gasteiger partial charge in [-0.05, 0) is 17.1 Å². The first-order valence-electron chi connectivity index (χ1n) is 4.33. The Labute approximate surface area is 99.1 Å². The molecule has 0 radical (unpaired) electrons. The fourth-order valence-electron chi connectivity index (χ4n) is 1.33. The van der Waals surface area contributed by atoms with Gasteiger partial charge in [0.1, 0.15) is 0 Å². The Morgan fingerprint density at radius 2 is 2.25 bits per heavy atom. The summed E-state index contributed by atoms with van der Waals surface area (Å²) >= 11 is 3.31. The molecule has 1 aromatic rings. The van der Waals surface area contributed by atoms with Crippen LogP contribution in [0.5, 0.6) is 0 Å². The molecule has 7 heteroatoms. The molecule has 2 rings (SSSR count). The molecule has 1 heterocycles. The average Bonchev–Trinajstić information content (AvgIpc) is 2.37. The van der Waals surface area contributed by atoms with E-state index in [2.05, 4.69) is 26.2 Å². The van der Waals surface area contributed by atoms with Crippen molar-refractivity contribution in [3.8, 4) is 0 Å². The van der Waals surface area contributed by atoms with E-state index in [-0.39, 0.29) is 11.8 Å². The van der Waals surface area contributed by atoms with Crippen LogP contribution in [0, 0.1) is 10.1 Å². The monoisotopic (exact) mass is 282 g/mol. The van der Waals surface area contributed by atoms with Gasteiger partial charge in [-0.2, -0.15) is 4.99 Å². The number of halogens is 1. The van der Waals surface area contributed by atoms with Crippen LogP contribution in [0.3, 0.4) is 0 Å². The lowest BCUT2D eigenvalue weighted by Gasteiger charge is -2.00. The van der Waals surface area contributed by atoms with Gasteiger partial charge in [0.05, 0.1) is 5.69 Å². The van der Waals surface area contributed by atoms with Crippen molar-refractivity contribution in [3.63, 3.8) is 0 Å². The van der Waals surface area contributed by atoms with E-state index in [1.165, 1.54) is 6.08 Å². The highest BCUT2D eigenvalue weighted by Gasteiger charge is 2.18. The zero-order chi connectivity index (χ0) is 11.7. The minimum Gasteiger partial charge on any atom is -0.358 e. The molecule has 1 aromatic carbocycles. The molecule has 0 aliphatic carbocycles. The van der Waals surface area contributed by atoms with E-state index in [4.69, 9.17) is 5.73 Å². The number of nitro groups is 1. The number of benzene rings is 1. The number of aliphatic imine (C=N–C) groups is 1. The van der Waals surface area contributed by atoms with Crippen LogP contribution in [0.4, 0.5) is 5.69 Å². The van der Waals surface area contributed by atoms with Gasteiger partial charge < -0.3 is 15.8 Å². The summed E-state index contributed by atoms with van der Waals surface area (Å²) in [5, 5.41) is 13.1. The second-order valence-electron chi connectivity index (χ2n) is 3.08. The molecule has 3 N–H and O–H groups in total. The Kier molecular flexibility index (Phi) is 2.61. The first-order valence-corrected chi connectivity index (χ1v) is 5.13. The summed E-state index contributed by atoms with van der Waals surface area (Å²) in [5.74, 6) is -0.202. The molecular formula is C9H7BrN4O2. The standard InChI is InChI=1S/C9H7BrN4O2/c10-6-2-1-3-7-5(6)4-8(14(15)16)13-9(11)12-7/h1-4H,(H3,11,12,13). The van der Waals surface area contributed by atoms with Crippen LogP contribution >= 0.6 is 15.9 Å². The van der Waals surface area contributed by atoms with Gasteiger partial charge in [-0.3, -0.25) is 0 Å². The molecule has 0 amide bonds. The smallest absolute Gasteiger partial charge is 0.324 e. The molecule has 82 valence electrons. The zero-order valence-corrected chi connectivity index (χ0v) is 9.56. The minimum atomic E-state index is -0.545. The summed E-state index contributed by atoms with van der Waals surface area (Å²) in [6.07, 6.45) is 1.39. The van der Waals surface area contributed by atoms with Crippen molar-refractivity contribution in [2.45, 2.75) is 0 Å². The molecular weight excluding hydrogens is 276 g/mol. The van der Waals surface area contributed by atoms with Gasteiger partial charge in [-0.25, -0.2) is 5.32 Å². The molecule has 1 aliphatic heterocycles. The topological polar surface area (TPSA) is 93.5 Å². The second-order valence-corrected chi connectivity index (χ2v) is 3.94. The Morgan fingerprint density at radius 1 is 1.50 bits per heavy atom. The molecule has 0 spiro atoms. The van der Waals surface area contributed by atoms with Gasteiger partial charge in [0.15, 0.2) is 0 Å². The normalized spacial score (nSPS) is 14.1. The number of fused-ring (bicyclic) bond motifs is 1. The molecule has 0 aromatic heterocycles. The minimum absolute atomic E-state index is 0.000185. The number of hydrogen-bond acceptors (Lipinski definition) is 5. The Morgan fingerprint density at radius 3 is 2.94 bits per heavy atom. The van der Waals surface area contributed by atoms with Crippen LogP contribution in [0.1, 0.15) is 5.56 Å². The predicted molar refractivity (Wildman–Crippen MR) is 63.5 cm³/mol. The zero-order valence-electron chi connectivity index (χ0n) is 7.98. The number of guanidine groups is 1. The van der Waals surface area contributed by atoms with Crippen molar-refractivity contribution in [2.24, 2.45) is 10.7 Å². The SMILES string of the molecule is NC1=Nc2cccc(Br)c2C=C([N+](=O)[O-])N1. The van der Waals surface area contributed by atoms with E-state index in [0.717, 1.165) is 4.47 Å². The molecule has 0 bridgehead atoms. The van der Waals surface area contributed by atoms with Gasteiger partial charge >= 0.3 is 5.82 Å². The highest BCUT2D eigenvalue weighted by Crippen LogP contribution is 2.30. The van der Waals surface area contributed by atoms with Crippen molar-refractivity contribution in [2.75, 3.05) is 0 Å². The lowest BCUT2D eigenvalue weighted by molar-refractivity contribution is -0.428. The number of hydrogen-bond donors (Lipinski definition) is 2. The number of nitrogens with two attached hydrogens (primary N) is 1. The fraction of sp³-hybridized carbons (Fsp3) is 0. The van der Waals surface area contributed by atoms with Crippen LogP contribution in [-0.2, 0) is 0 Å². The first-order chi connectivity index (χ1) is 7.58. The number of rotatable bonds is 1. The molecule has 0 unspecified atom stereocenters. The van der Waals surface area contributed by atoms with Gasteiger partial charge in [0.25, 0.3) is 5.96 Å². The number of nitrogens with zero attached hydrogens (tertiary/aromatic N) is 2. The summed E-state index contributed by atoms with van der Waals surface area (Å²) in [6, 6.07) is 5.29. The van der Waals surface area contributed by atoms with Crippen LogP contribution < -0.4 is 11.1 Å². The van der Waals surface area contributed by atoms with E-state index in [9.17, 15) is 10.1 Å². The summed E-state index contributed by atoms with van der Waals surface area (Å²) in [6.45, 7) is 0. The van der Waals surface area contributed by atoms with Crippen LogP contribution in [0.15, 0.2) is 33.5 Å². The third-order valence-corrected chi connectivity index (χ3v) is 2.70. The maximum Gasteiger partial charge on any atom is 0.324 e. The largest absolute Gasteiger partial charge is 0.358 e. The Bertz CT molecular complexity index is 524. The van der Waals surface area contributed by atoms with Crippen molar-refractivity contribution in [3.05, 3.63) is 44.2 Å². The van der Waals surface area contributed by atoms with Gasteiger partial charge in [-0.15, -0.1) is 0 Å². The van der Waals surface area contributed by atoms with Crippen molar-refractivity contribution >= 4 is 33.7 Å². The highest BCUT2D eigenvalue weighted by molar-refractivity contribution is 9.10. The van der Waals surface area contributed by atoms with Gasteiger partial charge in [0.2, 0.25) is 0 Å². The van der Waals surface area contributed by atoms with Gasteiger partial charge in [0, 0.05) is 16.1 Å². The first kappa shape index (κ1) is 10.6. The third kappa shape index (κ3) is 1.89. The fourth-order valence-corrected chi connectivity index (χ4v) is 1.80. The lowest BCUT2D eigenvalue weighted by atomic mass is 10.2. The molecule has 0 saturated heterocycles. The molecule has 16 heavy (non-hydrogen) atoms. The summed E-state index contributed by atoms with van der Waals surface area (Å²) in [4.78, 5) is 14.2. The average molecular weight is 283 g/mol. The summed E-state index contributed by atoms with van der Waals surface area (Å²) in [7, 11) is 0. The molecule has 0 saturated carbocycles. The maximum absolute atomic E-state index is 10.7. The second kappa shape index (κ2) is 3.93. The van der Waals surface area contributed by atoms with E-state index in [0.29, 0.717) is 11.3 Å². The Balaban J connectivity index is 2.66. The lowest BCUT2D eigenvalue weighted by Crippen LogP contribution is -2.32. The van der Waals surface area contributed by atoms with E-state index >= 15 is 0 Å². The Hall–Kier alpha value is -1.89. The van der Waals surface area contributed by atoms with Crippen LogP contribution in [0.25, 0.3) is 6.08 Å². The maximum atomic E-state index is 10.7. The van der Waals surface area contributed by atoms with Gasteiger partial charge in [-0.1, -0.05) is 22.0 Å². The quantitative estimate of drug-likeness (QED) is 0.604. The highest BCUT2D eigenvalue weighted by atomic mass is 79.9. The van der Waals surface area contributed by atoms with Crippen molar-refractivity contribution in [1.29, 1.82) is 0 Å². The molecule has 0 atom stereocenters. The summed E-state index contributed by atoms with van der Waals surface area (Å²) < 4.78 is 0.726. The van der Waals surface area contributed by atoms with Crippen LogP contribution in [0.2, 0.25) is 0 Å². The van der Waals surface area contributed by atoms with Crippen molar-refractivity contribution in [1.82, 2.24) is 5.32 Å². The van der Waals surface area contributed by atoms with Crippen molar-refractivity contribution < 1.29 is 4.92 Å². The van der Waals surface area contributed by atoms with E-state index in [1.807, 2.05) is 0 Å². The summed E-state index contributed by atoms with van der Waals surface area (Å²) in [5.41, 5.74) is 6.71. The van der Waals surface area contributed by atoms with E-state index in [1.54, 1.807) is 18.2 Å². The molecule has 1 aliphatic rings. The number of nitrogens with one attached hydrogen (secondary N) is 1.